The Balaban J connectivity index is 2.11. The topological polar surface area (TPSA) is 108 Å². The van der Waals surface area contributed by atoms with Gasteiger partial charge >= 0.3 is 5.97 Å². The van der Waals surface area contributed by atoms with E-state index in [-0.39, 0.29) is 17.0 Å². The second-order valence-corrected chi connectivity index (χ2v) is 4.03. The van der Waals surface area contributed by atoms with E-state index >= 15 is 0 Å². The van der Waals surface area contributed by atoms with E-state index < -0.39 is 18.2 Å². The molecule has 0 spiro atoms. The maximum absolute atomic E-state index is 12.0. The summed E-state index contributed by atoms with van der Waals surface area (Å²) in [7, 11) is 0. The van der Waals surface area contributed by atoms with Crippen LogP contribution >= 0.6 is 0 Å². The number of carboxylic acid groups (broad SMARTS) is 1. The smallest absolute Gasteiger partial charge is 0.336 e. The summed E-state index contributed by atoms with van der Waals surface area (Å²) >= 11 is 0. The van der Waals surface area contributed by atoms with E-state index in [1.54, 1.807) is 12.1 Å². The fourth-order valence-electron chi connectivity index (χ4n) is 1.78. The molecule has 100 valence electrons. The predicted octanol–water partition coefficient (Wildman–Crippen LogP) is -0.492. The number of benzene rings is 1. The zero-order chi connectivity index (χ0) is 13.8. The van der Waals surface area contributed by atoms with Crippen molar-refractivity contribution in [3.8, 4) is 0 Å². The molecule has 7 nitrogen and oxygen atoms in total. The van der Waals surface area contributed by atoms with Gasteiger partial charge in [-0.3, -0.25) is 14.9 Å². The first-order chi connectivity index (χ1) is 9.08. The van der Waals surface area contributed by atoms with Crippen LogP contribution in [0, 0.1) is 0 Å². The van der Waals surface area contributed by atoms with Gasteiger partial charge in [0.1, 0.15) is 0 Å². The van der Waals surface area contributed by atoms with Crippen LogP contribution in [0.2, 0.25) is 0 Å². The number of carbonyl (C=O) groups excluding carboxylic acids is 2. The molecule has 1 heterocycles. The van der Waals surface area contributed by atoms with Crippen molar-refractivity contribution in [1.29, 1.82) is 0 Å². The Hall–Kier alpha value is -2.41. The molecule has 0 bridgehead atoms. The first-order valence-corrected chi connectivity index (χ1v) is 5.74. The van der Waals surface area contributed by atoms with Crippen LogP contribution < -0.4 is 16.0 Å². The van der Waals surface area contributed by atoms with Crippen LogP contribution in [0.4, 0.5) is 0 Å². The molecule has 0 saturated carbocycles. The van der Waals surface area contributed by atoms with Crippen molar-refractivity contribution >= 4 is 17.8 Å². The highest BCUT2D eigenvalue weighted by molar-refractivity contribution is 6.04. The summed E-state index contributed by atoms with van der Waals surface area (Å²) in [6, 6.07) is 5.89. The Labute approximate surface area is 109 Å². The zero-order valence-electron chi connectivity index (χ0n) is 9.97. The van der Waals surface area contributed by atoms with Crippen molar-refractivity contribution in [2.24, 2.45) is 0 Å². The summed E-state index contributed by atoms with van der Waals surface area (Å²) in [6.45, 7) is 0.456. The molecule has 0 aliphatic carbocycles. The predicted molar refractivity (Wildman–Crippen MR) is 65.4 cm³/mol. The lowest BCUT2D eigenvalue weighted by Crippen LogP contribution is -2.60. The number of rotatable bonds is 3. The van der Waals surface area contributed by atoms with Gasteiger partial charge in [0.05, 0.1) is 11.1 Å². The van der Waals surface area contributed by atoms with Gasteiger partial charge in [-0.15, -0.1) is 0 Å². The zero-order valence-corrected chi connectivity index (χ0v) is 9.97. The van der Waals surface area contributed by atoms with E-state index in [0.29, 0.717) is 13.0 Å². The second-order valence-electron chi connectivity index (χ2n) is 4.03. The van der Waals surface area contributed by atoms with Gasteiger partial charge in [0.2, 0.25) is 5.91 Å². The maximum Gasteiger partial charge on any atom is 0.336 e. The second kappa shape index (κ2) is 5.49. The molecule has 0 aromatic heterocycles. The third-order valence-corrected chi connectivity index (χ3v) is 2.68. The Morgan fingerprint density at radius 3 is 2.58 bits per heavy atom. The van der Waals surface area contributed by atoms with Gasteiger partial charge in [-0.25, -0.2) is 4.79 Å². The molecule has 1 aliphatic rings. The van der Waals surface area contributed by atoms with E-state index in [9.17, 15) is 14.4 Å². The normalized spacial score (nSPS) is 18.5. The molecule has 1 atom stereocenters. The molecule has 1 aromatic rings. The maximum atomic E-state index is 12.0. The van der Waals surface area contributed by atoms with Gasteiger partial charge in [-0.2, -0.15) is 0 Å². The van der Waals surface area contributed by atoms with Gasteiger partial charge in [0.15, 0.2) is 6.29 Å². The summed E-state index contributed by atoms with van der Waals surface area (Å²) in [4.78, 5) is 34.2. The van der Waals surface area contributed by atoms with Gasteiger partial charge in [-0.1, -0.05) is 12.1 Å². The van der Waals surface area contributed by atoms with Crippen LogP contribution in [0.25, 0.3) is 0 Å². The minimum absolute atomic E-state index is 0.0524. The van der Waals surface area contributed by atoms with Gasteiger partial charge < -0.3 is 15.7 Å². The third kappa shape index (κ3) is 3.08. The van der Waals surface area contributed by atoms with Gasteiger partial charge in [-0.05, 0) is 12.1 Å². The van der Waals surface area contributed by atoms with Crippen LogP contribution in [-0.4, -0.2) is 35.7 Å². The number of carbonyl (C=O) groups is 3. The Morgan fingerprint density at radius 2 is 1.95 bits per heavy atom. The van der Waals surface area contributed by atoms with E-state index in [0.717, 1.165) is 0 Å². The summed E-state index contributed by atoms with van der Waals surface area (Å²) < 4.78 is 0. The highest BCUT2D eigenvalue weighted by atomic mass is 16.4. The van der Waals surface area contributed by atoms with Crippen molar-refractivity contribution in [2.45, 2.75) is 12.7 Å². The van der Waals surface area contributed by atoms with Crippen molar-refractivity contribution in [3.63, 3.8) is 0 Å². The number of carboxylic acids is 1. The lowest BCUT2D eigenvalue weighted by molar-refractivity contribution is -0.123. The van der Waals surface area contributed by atoms with Gasteiger partial charge in [0, 0.05) is 13.0 Å². The van der Waals surface area contributed by atoms with Gasteiger partial charge in [0.25, 0.3) is 5.91 Å². The van der Waals surface area contributed by atoms with Crippen molar-refractivity contribution in [3.05, 3.63) is 35.4 Å². The quantitative estimate of drug-likeness (QED) is 0.588. The first kappa shape index (κ1) is 13.0. The molecule has 2 rings (SSSR count). The molecule has 1 aliphatic heterocycles. The molecular weight excluding hydrogens is 250 g/mol. The van der Waals surface area contributed by atoms with Crippen molar-refractivity contribution in [2.75, 3.05) is 6.54 Å². The largest absolute Gasteiger partial charge is 0.478 e. The molecule has 2 amide bonds. The average Bonchev–Trinajstić information content (AvgIpc) is 2.38. The average molecular weight is 263 g/mol. The molecule has 1 fully saturated rings. The van der Waals surface area contributed by atoms with Crippen LogP contribution in [-0.2, 0) is 4.79 Å². The molecule has 19 heavy (non-hydrogen) atoms. The lowest BCUT2D eigenvalue weighted by Gasteiger charge is -2.25. The molecule has 4 N–H and O–H groups in total. The summed E-state index contributed by atoms with van der Waals surface area (Å²) in [5.74, 6) is -1.90. The number of nitrogens with one attached hydrogen (secondary N) is 3. The molecular formula is C12H13N3O4. The van der Waals surface area contributed by atoms with Crippen LogP contribution in [0.1, 0.15) is 27.1 Å². The van der Waals surface area contributed by atoms with Crippen LogP contribution in [0.3, 0.4) is 0 Å². The molecule has 1 saturated heterocycles. The van der Waals surface area contributed by atoms with E-state index in [4.69, 9.17) is 5.11 Å². The first-order valence-electron chi connectivity index (χ1n) is 5.74. The summed E-state index contributed by atoms with van der Waals surface area (Å²) in [5.41, 5.74) is -0.0289. The SMILES string of the molecule is O=C1CCNC(NC(=O)c2ccccc2C(=O)O)N1. The number of amides is 2. The number of hydrogen-bond donors (Lipinski definition) is 4. The molecule has 1 unspecified atom stereocenters. The standard InChI is InChI=1S/C12H13N3O4/c16-9-5-6-13-12(14-9)15-10(17)7-3-1-2-4-8(7)11(18)19/h1-4,12-13H,5-6H2,(H,14,16)(H,15,17)(H,18,19). The van der Waals surface area contributed by atoms with Crippen LogP contribution in [0.5, 0.6) is 0 Å². The Morgan fingerprint density at radius 1 is 1.26 bits per heavy atom. The van der Waals surface area contributed by atoms with Crippen LogP contribution in [0.15, 0.2) is 24.3 Å². The lowest BCUT2D eigenvalue weighted by atomic mass is 10.1. The third-order valence-electron chi connectivity index (χ3n) is 2.68. The summed E-state index contributed by atoms with van der Waals surface area (Å²) in [6.07, 6.45) is -0.339. The highest BCUT2D eigenvalue weighted by Crippen LogP contribution is 2.08. The summed E-state index contributed by atoms with van der Waals surface area (Å²) in [5, 5.41) is 16.9. The minimum atomic E-state index is -1.17. The molecule has 1 aromatic carbocycles. The molecule has 0 radical (unpaired) electrons. The monoisotopic (exact) mass is 263 g/mol. The number of hydrogen-bond acceptors (Lipinski definition) is 4. The minimum Gasteiger partial charge on any atom is -0.478 e. The number of aromatic carboxylic acids is 1. The van der Waals surface area contributed by atoms with E-state index in [2.05, 4.69) is 16.0 Å². The fraction of sp³-hybridized carbons (Fsp3) is 0.250. The fourth-order valence-corrected chi connectivity index (χ4v) is 1.78. The van der Waals surface area contributed by atoms with Crippen molar-refractivity contribution in [1.82, 2.24) is 16.0 Å². The van der Waals surface area contributed by atoms with Crippen molar-refractivity contribution < 1.29 is 19.5 Å². The van der Waals surface area contributed by atoms with E-state index in [1.165, 1.54) is 12.1 Å². The van der Waals surface area contributed by atoms with E-state index in [1.807, 2.05) is 0 Å². The molecule has 7 heteroatoms. The Kier molecular flexibility index (Phi) is 3.76. The highest BCUT2D eigenvalue weighted by Gasteiger charge is 2.22. The Bertz CT molecular complexity index is 529.